The van der Waals surface area contributed by atoms with Crippen LogP contribution in [0.5, 0.6) is 0 Å². The highest BCUT2D eigenvalue weighted by Gasteiger charge is 2.44. The molecule has 6 nitrogen and oxygen atoms in total. The van der Waals surface area contributed by atoms with Crippen molar-refractivity contribution in [3.05, 3.63) is 18.5 Å². The maximum Gasteiger partial charge on any atom is 0.248 e. The van der Waals surface area contributed by atoms with Crippen LogP contribution in [0.2, 0.25) is 0 Å². The Morgan fingerprint density at radius 2 is 2.12 bits per heavy atom. The van der Waals surface area contributed by atoms with E-state index < -0.39 is 5.54 Å². The van der Waals surface area contributed by atoms with Crippen molar-refractivity contribution in [3.63, 3.8) is 0 Å². The van der Waals surface area contributed by atoms with Crippen molar-refractivity contribution in [1.82, 2.24) is 25.3 Å². The largest absolute Gasteiger partial charge is 0.352 e. The van der Waals surface area contributed by atoms with E-state index in [0.29, 0.717) is 5.92 Å². The Balaban J connectivity index is 1.75. The number of nitrogens with zero attached hydrogens (tertiary/aromatic N) is 3. The second kappa shape index (κ2) is 7.46. The number of piperidine rings is 1. The fourth-order valence-electron chi connectivity index (χ4n) is 4.69. The van der Waals surface area contributed by atoms with Crippen molar-refractivity contribution in [3.8, 4) is 0 Å². The van der Waals surface area contributed by atoms with Crippen LogP contribution in [-0.2, 0) is 10.3 Å². The normalized spacial score (nSPS) is 29.5. The molecule has 1 amide bonds. The minimum atomic E-state index is -0.553. The fourth-order valence-corrected chi connectivity index (χ4v) is 4.69. The summed E-state index contributed by atoms with van der Waals surface area (Å²) in [6.45, 7) is 4.75. The Morgan fingerprint density at radius 3 is 2.72 bits per heavy atom. The highest BCUT2D eigenvalue weighted by Crippen LogP contribution is 2.35. The number of carbonyl (C=O) groups excluding carboxylic acids is 1. The number of aromatic nitrogens is 2. The lowest BCUT2D eigenvalue weighted by Gasteiger charge is -2.46. The number of carbonyl (C=O) groups is 1. The molecule has 2 unspecified atom stereocenters. The van der Waals surface area contributed by atoms with E-state index in [-0.39, 0.29) is 11.4 Å². The van der Waals surface area contributed by atoms with Crippen LogP contribution in [0.25, 0.3) is 0 Å². The zero-order chi connectivity index (χ0) is 17.9. The Bertz CT molecular complexity index is 564. The predicted octanol–water partition coefficient (Wildman–Crippen LogP) is 1.59. The number of likely N-dealkylation sites (N-methyl/N-ethyl adjacent to an activating group) is 1. The Kier molecular flexibility index (Phi) is 5.49. The van der Waals surface area contributed by atoms with Crippen LogP contribution in [0.1, 0.15) is 45.4 Å². The quantitative estimate of drug-likeness (QED) is 0.849. The monoisotopic (exact) mass is 347 g/mol. The lowest BCUT2D eigenvalue weighted by atomic mass is 9.75. The third-order valence-corrected chi connectivity index (χ3v) is 6.39. The average Bonchev–Trinajstić information content (AvgIpc) is 3.15. The standard InChI is InChI=1S/C19H33N5O/c1-16-6-4-7-18(14-16,23(2)3)15-21-17(25)19(8-11-20-12-9-19)24-13-5-10-22-24/h5,10,13,16,20H,4,6-9,11-12,14-15H2,1-3H3,(H,21,25). The van der Waals surface area contributed by atoms with Crippen LogP contribution in [0.3, 0.4) is 0 Å². The summed E-state index contributed by atoms with van der Waals surface area (Å²) >= 11 is 0. The van der Waals surface area contributed by atoms with E-state index in [1.54, 1.807) is 6.20 Å². The first-order valence-corrected chi connectivity index (χ1v) is 9.65. The van der Waals surface area contributed by atoms with Gasteiger partial charge in [0.2, 0.25) is 5.91 Å². The summed E-state index contributed by atoms with van der Waals surface area (Å²) in [6.07, 6.45) is 10.1. The summed E-state index contributed by atoms with van der Waals surface area (Å²) in [7, 11) is 4.30. The summed E-state index contributed by atoms with van der Waals surface area (Å²) < 4.78 is 1.87. The van der Waals surface area contributed by atoms with Crippen LogP contribution < -0.4 is 10.6 Å². The van der Waals surface area contributed by atoms with Gasteiger partial charge < -0.3 is 15.5 Å². The Morgan fingerprint density at radius 1 is 1.36 bits per heavy atom. The molecular weight excluding hydrogens is 314 g/mol. The molecule has 25 heavy (non-hydrogen) atoms. The van der Waals surface area contributed by atoms with Gasteiger partial charge in [-0.1, -0.05) is 19.8 Å². The maximum absolute atomic E-state index is 13.3. The van der Waals surface area contributed by atoms with Gasteiger partial charge in [-0.3, -0.25) is 9.48 Å². The number of rotatable bonds is 5. The minimum absolute atomic E-state index is 0.0750. The lowest BCUT2D eigenvalue weighted by molar-refractivity contribution is -0.132. The molecule has 1 saturated heterocycles. The van der Waals surface area contributed by atoms with Gasteiger partial charge in [0, 0.05) is 24.5 Å². The molecule has 6 heteroatoms. The van der Waals surface area contributed by atoms with Gasteiger partial charge in [-0.05, 0) is 64.9 Å². The Labute approximate surface area is 151 Å². The molecule has 2 fully saturated rings. The molecule has 2 heterocycles. The van der Waals surface area contributed by atoms with Crippen LogP contribution in [0, 0.1) is 5.92 Å². The Hall–Kier alpha value is -1.40. The van der Waals surface area contributed by atoms with Gasteiger partial charge in [0.15, 0.2) is 0 Å². The number of nitrogens with one attached hydrogen (secondary N) is 2. The van der Waals surface area contributed by atoms with Crippen LogP contribution >= 0.6 is 0 Å². The van der Waals surface area contributed by atoms with Crippen LogP contribution in [0.4, 0.5) is 0 Å². The van der Waals surface area contributed by atoms with Crippen LogP contribution in [-0.4, -0.2) is 59.9 Å². The van der Waals surface area contributed by atoms with E-state index in [1.165, 1.54) is 12.8 Å². The first-order valence-electron chi connectivity index (χ1n) is 9.65. The van der Waals surface area contributed by atoms with Gasteiger partial charge >= 0.3 is 0 Å². The third-order valence-electron chi connectivity index (χ3n) is 6.39. The van der Waals surface area contributed by atoms with Gasteiger partial charge in [-0.2, -0.15) is 5.10 Å². The maximum atomic E-state index is 13.3. The summed E-state index contributed by atoms with van der Waals surface area (Å²) in [5, 5.41) is 11.1. The number of hydrogen-bond donors (Lipinski definition) is 2. The van der Waals surface area contributed by atoms with Gasteiger partial charge in [0.1, 0.15) is 5.54 Å². The molecule has 1 aliphatic heterocycles. The van der Waals surface area contributed by atoms with Crippen LogP contribution in [0.15, 0.2) is 18.5 Å². The van der Waals surface area contributed by atoms with Gasteiger partial charge in [0.05, 0.1) is 0 Å². The smallest absolute Gasteiger partial charge is 0.248 e. The highest BCUT2D eigenvalue weighted by molar-refractivity contribution is 5.84. The van der Waals surface area contributed by atoms with Crippen molar-refractivity contribution in [2.24, 2.45) is 5.92 Å². The SMILES string of the molecule is CC1CCCC(CNC(=O)C2(n3cccn3)CCNCC2)(N(C)C)C1. The van der Waals surface area contributed by atoms with Crippen molar-refractivity contribution in [1.29, 1.82) is 0 Å². The zero-order valence-corrected chi connectivity index (χ0v) is 15.9. The van der Waals surface area contributed by atoms with Gasteiger partial charge in [-0.15, -0.1) is 0 Å². The first kappa shape index (κ1) is 18.4. The molecule has 0 aromatic carbocycles. The topological polar surface area (TPSA) is 62.2 Å². The molecule has 2 atom stereocenters. The fraction of sp³-hybridized carbons (Fsp3) is 0.789. The molecule has 0 spiro atoms. The molecule has 1 aromatic rings. The first-order chi connectivity index (χ1) is 12.0. The molecule has 140 valence electrons. The van der Waals surface area contributed by atoms with E-state index in [9.17, 15) is 4.79 Å². The summed E-state index contributed by atoms with van der Waals surface area (Å²) in [4.78, 5) is 15.6. The molecule has 1 aromatic heterocycles. The molecule has 1 aliphatic carbocycles. The highest BCUT2D eigenvalue weighted by atomic mass is 16.2. The third kappa shape index (κ3) is 3.60. The van der Waals surface area contributed by atoms with E-state index in [2.05, 4.69) is 41.7 Å². The van der Waals surface area contributed by atoms with Gasteiger partial charge in [0.25, 0.3) is 0 Å². The summed E-state index contributed by atoms with van der Waals surface area (Å²) in [6, 6.07) is 1.90. The zero-order valence-electron chi connectivity index (χ0n) is 15.9. The van der Waals surface area contributed by atoms with Crippen molar-refractivity contribution < 1.29 is 4.79 Å². The van der Waals surface area contributed by atoms with Crippen molar-refractivity contribution >= 4 is 5.91 Å². The second-order valence-corrected chi connectivity index (χ2v) is 8.24. The van der Waals surface area contributed by atoms with E-state index >= 15 is 0 Å². The molecule has 1 saturated carbocycles. The molecule has 0 radical (unpaired) electrons. The number of amides is 1. The molecular formula is C19H33N5O. The summed E-state index contributed by atoms with van der Waals surface area (Å²) in [5.74, 6) is 0.837. The molecule has 2 aliphatic rings. The number of hydrogen-bond acceptors (Lipinski definition) is 4. The van der Waals surface area contributed by atoms with E-state index in [0.717, 1.165) is 45.3 Å². The predicted molar refractivity (Wildman–Crippen MR) is 99.4 cm³/mol. The molecule has 3 rings (SSSR count). The molecule has 0 bridgehead atoms. The van der Waals surface area contributed by atoms with E-state index in [4.69, 9.17) is 0 Å². The second-order valence-electron chi connectivity index (χ2n) is 8.24. The minimum Gasteiger partial charge on any atom is -0.352 e. The van der Waals surface area contributed by atoms with Crippen molar-refractivity contribution in [2.45, 2.75) is 56.5 Å². The average molecular weight is 348 g/mol. The molecule has 2 N–H and O–H groups in total. The van der Waals surface area contributed by atoms with Crippen molar-refractivity contribution in [2.75, 3.05) is 33.7 Å². The lowest BCUT2D eigenvalue weighted by Crippen LogP contribution is -2.60. The van der Waals surface area contributed by atoms with E-state index in [1.807, 2.05) is 16.9 Å². The summed E-state index contributed by atoms with van der Waals surface area (Å²) in [5.41, 5.74) is -0.478. The van der Waals surface area contributed by atoms with Gasteiger partial charge in [-0.25, -0.2) is 0 Å².